The third kappa shape index (κ3) is 5.72. The van der Waals surface area contributed by atoms with E-state index in [1.165, 1.54) is 22.3 Å². The molecule has 5 rings (SSSR count). The van der Waals surface area contributed by atoms with Gasteiger partial charge in [0.1, 0.15) is 12.4 Å². The standard InChI is InChI=1S/C32H43NO5Si/c1-32(2,3)39(4,5)38-16-10-15-30(34)22-17-23-19-36-20-24(18-22)33(23)31(35)37-21-29-27-13-8-6-11-25(27)26-12-7-9-14-28(26)29/h6-9,11-14,22-24,29H,10,15-21H2,1-5H3. The molecule has 210 valence electrons. The van der Waals surface area contributed by atoms with Gasteiger partial charge in [-0.2, -0.15) is 0 Å². The molecule has 3 aliphatic rings. The molecular formula is C32H43NO5Si. The summed E-state index contributed by atoms with van der Waals surface area (Å²) in [7, 11) is -1.80. The monoisotopic (exact) mass is 549 g/mol. The molecule has 39 heavy (non-hydrogen) atoms. The van der Waals surface area contributed by atoms with Gasteiger partial charge in [-0.15, -0.1) is 0 Å². The highest BCUT2D eigenvalue weighted by molar-refractivity contribution is 6.74. The molecule has 2 saturated heterocycles. The minimum absolute atomic E-state index is 0.0325. The van der Waals surface area contributed by atoms with Crippen molar-refractivity contribution in [2.24, 2.45) is 5.92 Å². The van der Waals surface area contributed by atoms with Crippen LogP contribution in [-0.2, 0) is 18.7 Å². The van der Waals surface area contributed by atoms with Crippen LogP contribution in [0, 0.1) is 5.92 Å². The first-order valence-corrected chi connectivity index (χ1v) is 17.4. The molecule has 2 aromatic carbocycles. The van der Waals surface area contributed by atoms with E-state index in [0.717, 1.165) is 6.42 Å². The maximum Gasteiger partial charge on any atom is 0.410 e. The Morgan fingerprint density at radius 2 is 1.51 bits per heavy atom. The number of Topliss-reactive ketones (excluding diaryl/α,β-unsaturated/α-hetero) is 1. The number of hydrogen-bond acceptors (Lipinski definition) is 5. The molecule has 2 aromatic rings. The van der Waals surface area contributed by atoms with Gasteiger partial charge in [-0.25, -0.2) is 4.79 Å². The molecule has 0 saturated carbocycles. The van der Waals surface area contributed by atoms with Gasteiger partial charge in [-0.05, 0) is 59.6 Å². The van der Waals surface area contributed by atoms with Crippen molar-refractivity contribution < 1.29 is 23.5 Å². The molecule has 0 spiro atoms. The first-order valence-electron chi connectivity index (χ1n) is 14.4. The summed E-state index contributed by atoms with van der Waals surface area (Å²) in [6.45, 7) is 13.0. The Bertz CT molecular complexity index is 1150. The van der Waals surface area contributed by atoms with Crippen molar-refractivity contribution in [2.75, 3.05) is 26.4 Å². The minimum atomic E-state index is -1.80. The molecule has 0 N–H and O–H groups in total. The second-order valence-electron chi connectivity index (χ2n) is 12.9. The van der Waals surface area contributed by atoms with E-state index in [0.29, 0.717) is 45.7 Å². The number of piperidine rings is 1. The average molecular weight is 550 g/mol. The zero-order valence-corrected chi connectivity index (χ0v) is 25.1. The van der Waals surface area contributed by atoms with Gasteiger partial charge in [0.25, 0.3) is 0 Å². The fourth-order valence-electron chi connectivity index (χ4n) is 6.14. The third-order valence-corrected chi connectivity index (χ3v) is 13.9. The van der Waals surface area contributed by atoms with Crippen LogP contribution in [0.2, 0.25) is 18.1 Å². The zero-order valence-electron chi connectivity index (χ0n) is 24.1. The number of nitrogens with zero attached hydrogens (tertiary/aromatic N) is 1. The molecule has 1 aliphatic carbocycles. The van der Waals surface area contributed by atoms with Crippen LogP contribution in [-0.4, -0.2) is 63.6 Å². The largest absolute Gasteiger partial charge is 0.448 e. The first kappa shape index (κ1) is 28.1. The van der Waals surface area contributed by atoms with Crippen molar-refractivity contribution >= 4 is 20.2 Å². The first-order chi connectivity index (χ1) is 18.6. The molecule has 1 amide bonds. The lowest BCUT2D eigenvalue weighted by atomic mass is 9.81. The second kappa shape index (κ2) is 11.2. The van der Waals surface area contributed by atoms with Crippen LogP contribution in [0.15, 0.2) is 48.5 Å². The van der Waals surface area contributed by atoms with E-state index in [1.54, 1.807) is 0 Å². The number of carbonyl (C=O) groups is 2. The van der Waals surface area contributed by atoms with Gasteiger partial charge in [0, 0.05) is 24.9 Å². The highest BCUT2D eigenvalue weighted by Gasteiger charge is 2.44. The number of rotatable bonds is 8. The maximum absolute atomic E-state index is 13.4. The van der Waals surface area contributed by atoms with Gasteiger partial charge >= 0.3 is 6.09 Å². The number of benzene rings is 2. The second-order valence-corrected chi connectivity index (χ2v) is 17.7. The van der Waals surface area contributed by atoms with Gasteiger partial charge < -0.3 is 13.9 Å². The Kier molecular flexibility index (Phi) is 8.05. The molecule has 2 heterocycles. The predicted molar refractivity (Wildman–Crippen MR) is 155 cm³/mol. The van der Waals surface area contributed by atoms with Crippen LogP contribution in [0.5, 0.6) is 0 Å². The molecule has 7 heteroatoms. The number of carbonyl (C=O) groups excluding carboxylic acids is 2. The summed E-state index contributed by atoms with van der Waals surface area (Å²) in [6.07, 6.45) is 2.28. The van der Waals surface area contributed by atoms with Crippen molar-refractivity contribution in [1.82, 2.24) is 4.90 Å². The normalized spacial score (nSPS) is 22.8. The van der Waals surface area contributed by atoms with E-state index in [9.17, 15) is 9.59 Å². The molecule has 0 radical (unpaired) electrons. The Labute approximate surface area is 234 Å². The summed E-state index contributed by atoms with van der Waals surface area (Å²) in [5.74, 6) is 0.289. The van der Waals surface area contributed by atoms with Crippen molar-refractivity contribution in [1.29, 1.82) is 0 Å². The van der Waals surface area contributed by atoms with Crippen LogP contribution < -0.4 is 0 Å². The van der Waals surface area contributed by atoms with Gasteiger partial charge in [0.2, 0.25) is 0 Å². The molecule has 2 bridgehead atoms. The van der Waals surface area contributed by atoms with E-state index in [1.807, 2.05) is 17.0 Å². The maximum atomic E-state index is 13.4. The Morgan fingerprint density at radius 3 is 2.08 bits per heavy atom. The number of ether oxygens (including phenoxy) is 2. The summed E-state index contributed by atoms with van der Waals surface area (Å²) in [6, 6.07) is 16.5. The van der Waals surface area contributed by atoms with E-state index in [4.69, 9.17) is 13.9 Å². The van der Waals surface area contributed by atoms with Crippen molar-refractivity contribution in [3.63, 3.8) is 0 Å². The van der Waals surface area contributed by atoms with Crippen LogP contribution >= 0.6 is 0 Å². The van der Waals surface area contributed by atoms with Crippen molar-refractivity contribution in [2.45, 2.75) is 82.6 Å². The lowest BCUT2D eigenvalue weighted by Gasteiger charge is -2.47. The lowest BCUT2D eigenvalue weighted by Crippen LogP contribution is -2.60. The number of hydrogen-bond donors (Lipinski definition) is 0. The highest BCUT2D eigenvalue weighted by Crippen LogP contribution is 2.45. The van der Waals surface area contributed by atoms with Crippen LogP contribution in [0.3, 0.4) is 0 Å². The quantitative estimate of drug-likeness (QED) is 0.268. The summed E-state index contributed by atoms with van der Waals surface area (Å²) >= 11 is 0. The number of morpholine rings is 1. The minimum Gasteiger partial charge on any atom is -0.448 e. The van der Waals surface area contributed by atoms with E-state index in [2.05, 4.69) is 70.3 Å². The van der Waals surface area contributed by atoms with E-state index < -0.39 is 8.32 Å². The topological polar surface area (TPSA) is 65.1 Å². The zero-order chi connectivity index (χ0) is 27.8. The number of amides is 1. The van der Waals surface area contributed by atoms with Crippen molar-refractivity contribution in [3.05, 3.63) is 59.7 Å². The van der Waals surface area contributed by atoms with Crippen LogP contribution in [0.1, 0.15) is 63.5 Å². The molecule has 2 aliphatic heterocycles. The molecule has 2 atom stereocenters. The van der Waals surface area contributed by atoms with Crippen molar-refractivity contribution in [3.8, 4) is 11.1 Å². The molecule has 0 aromatic heterocycles. The fraction of sp³-hybridized carbons (Fsp3) is 0.562. The van der Waals surface area contributed by atoms with Gasteiger partial charge in [-0.1, -0.05) is 69.3 Å². The number of fused-ring (bicyclic) bond motifs is 5. The highest BCUT2D eigenvalue weighted by atomic mass is 28.4. The van der Waals surface area contributed by atoms with Gasteiger partial charge in [0.15, 0.2) is 8.32 Å². The Morgan fingerprint density at radius 1 is 0.949 bits per heavy atom. The molecule has 6 nitrogen and oxygen atoms in total. The molecule has 2 unspecified atom stereocenters. The fourth-order valence-corrected chi connectivity index (χ4v) is 7.23. The van der Waals surface area contributed by atoms with E-state index >= 15 is 0 Å². The van der Waals surface area contributed by atoms with Gasteiger partial charge in [-0.3, -0.25) is 9.69 Å². The van der Waals surface area contributed by atoms with Gasteiger partial charge in [0.05, 0.1) is 25.3 Å². The average Bonchev–Trinajstić information content (AvgIpc) is 3.22. The summed E-state index contributed by atoms with van der Waals surface area (Å²) < 4.78 is 18.1. The van der Waals surface area contributed by atoms with E-state index in [-0.39, 0.29) is 40.8 Å². The molecular weight excluding hydrogens is 506 g/mol. The smallest absolute Gasteiger partial charge is 0.410 e. The summed E-state index contributed by atoms with van der Waals surface area (Å²) in [4.78, 5) is 28.4. The lowest BCUT2D eigenvalue weighted by molar-refractivity contribution is -0.131. The summed E-state index contributed by atoms with van der Waals surface area (Å²) in [5, 5.41) is 0.167. The SMILES string of the molecule is CC(C)(C)[Si](C)(C)OCCCC(=O)C1CC2COCC(C1)N2C(=O)OCC1c2ccccc2-c2ccccc21. The summed E-state index contributed by atoms with van der Waals surface area (Å²) in [5.41, 5.74) is 4.84. The molecule has 2 fully saturated rings. The number of ketones is 1. The predicted octanol–water partition coefficient (Wildman–Crippen LogP) is 6.79. The third-order valence-electron chi connectivity index (χ3n) is 9.36. The van der Waals surface area contributed by atoms with Crippen LogP contribution in [0.25, 0.3) is 11.1 Å². The van der Waals surface area contributed by atoms with Crippen LogP contribution in [0.4, 0.5) is 4.79 Å². The Hall–Kier alpha value is -2.48. The Balaban J connectivity index is 1.16.